The molecule has 0 bridgehead atoms. The van der Waals surface area contributed by atoms with E-state index in [0.717, 1.165) is 23.4 Å². The van der Waals surface area contributed by atoms with Gasteiger partial charge in [0.25, 0.3) is 0 Å². The first-order valence-electron chi connectivity index (χ1n) is 9.75. The molecule has 1 N–H and O–H groups in total. The van der Waals surface area contributed by atoms with Crippen molar-refractivity contribution in [2.75, 3.05) is 7.11 Å². The number of ether oxygens (including phenoxy) is 1. The second-order valence-corrected chi connectivity index (χ2v) is 7.36. The summed E-state index contributed by atoms with van der Waals surface area (Å²) >= 11 is 0. The Hall–Kier alpha value is -3.40. The zero-order valence-electron chi connectivity index (χ0n) is 16.6. The second-order valence-electron chi connectivity index (χ2n) is 7.36. The van der Waals surface area contributed by atoms with Crippen LogP contribution in [0.1, 0.15) is 30.0 Å². The van der Waals surface area contributed by atoms with Crippen molar-refractivity contribution in [3.63, 3.8) is 0 Å². The first-order chi connectivity index (χ1) is 14.1. The average molecular weight is 384 g/mol. The fourth-order valence-corrected chi connectivity index (χ4v) is 3.97. The molecule has 0 aromatic heterocycles. The third-order valence-electron chi connectivity index (χ3n) is 5.70. The van der Waals surface area contributed by atoms with Gasteiger partial charge in [-0.3, -0.25) is 4.79 Å². The van der Waals surface area contributed by atoms with Gasteiger partial charge in [0.1, 0.15) is 5.75 Å². The van der Waals surface area contributed by atoms with Crippen molar-refractivity contribution in [2.24, 2.45) is 11.0 Å². The molecule has 0 heterocycles. The number of methoxy groups -OCH3 is 1. The summed E-state index contributed by atoms with van der Waals surface area (Å²) < 4.78 is 5.18. The third-order valence-corrected chi connectivity index (χ3v) is 5.70. The summed E-state index contributed by atoms with van der Waals surface area (Å²) in [6.45, 7) is 1.89. The highest BCUT2D eigenvalue weighted by Gasteiger charge is 2.60. The third kappa shape index (κ3) is 3.66. The summed E-state index contributed by atoms with van der Waals surface area (Å²) in [7, 11) is 1.64. The Kier molecular flexibility index (Phi) is 5.17. The van der Waals surface area contributed by atoms with Crippen LogP contribution in [0.4, 0.5) is 0 Å². The standard InChI is InChI=1S/C25H24N2O2/c1-18(19-13-15-22(29-2)16-14-19)26-27-24(28)23-17-25(23,20-9-5-3-6-10-20)21-11-7-4-8-12-21/h3-16,23H,17H2,1-2H3,(H,27,28)/t23-/m1/s1. The minimum absolute atomic E-state index is 0.0504. The molecule has 4 rings (SSSR count). The molecular formula is C25H24N2O2. The summed E-state index contributed by atoms with van der Waals surface area (Å²) in [5.41, 5.74) is 6.54. The summed E-state index contributed by atoms with van der Waals surface area (Å²) in [5.74, 6) is 0.601. The van der Waals surface area contributed by atoms with E-state index in [1.807, 2.05) is 67.6 Å². The molecule has 1 fully saturated rings. The van der Waals surface area contributed by atoms with Crippen LogP contribution in [0.2, 0.25) is 0 Å². The van der Waals surface area contributed by atoms with Gasteiger partial charge in [-0.1, -0.05) is 60.7 Å². The predicted molar refractivity (Wildman–Crippen MR) is 115 cm³/mol. The maximum absolute atomic E-state index is 13.0. The van der Waals surface area contributed by atoms with E-state index in [0.29, 0.717) is 0 Å². The van der Waals surface area contributed by atoms with Crippen LogP contribution in [0.15, 0.2) is 90.0 Å². The van der Waals surface area contributed by atoms with Crippen LogP contribution in [0.3, 0.4) is 0 Å². The zero-order valence-corrected chi connectivity index (χ0v) is 16.6. The minimum atomic E-state index is -0.282. The van der Waals surface area contributed by atoms with Gasteiger partial charge < -0.3 is 4.74 Å². The van der Waals surface area contributed by atoms with E-state index in [1.165, 1.54) is 11.1 Å². The number of carbonyl (C=O) groups excluding carboxylic acids is 1. The second kappa shape index (κ2) is 7.92. The fourth-order valence-electron chi connectivity index (χ4n) is 3.97. The monoisotopic (exact) mass is 384 g/mol. The van der Waals surface area contributed by atoms with Crippen LogP contribution in [-0.2, 0) is 10.2 Å². The van der Waals surface area contributed by atoms with Gasteiger partial charge in [0.2, 0.25) is 5.91 Å². The molecule has 4 heteroatoms. The molecule has 1 aliphatic rings. The van der Waals surface area contributed by atoms with Crippen LogP contribution in [-0.4, -0.2) is 18.7 Å². The summed E-state index contributed by atoms with van der Waals surface area (Å²) in [6, 6.07) is 28.1. The number of hydrogen-bond acceptors (Lipinski definition) is 3. The van der Waals surface area contributed by atoms with E-state index < -0.39 is 0 Å². The van der Waals surface area contributed by atoms with Crippen molar-refractivity contribution in [1.82, 2.24) is 5.43 Å². The predicted octanol–water partition coefficient (Wildman–Crippen LogP) is 4.54. The van der Waals surface area contributed by atoms with Crippen molar-refractivity contribution in [3.8, 4) is 5.75 Å². The number of amides is 1. The van der Waals surface area contributed by atoms with Crippen LogP contribution in [0.25, 0.3) is 0 Å². The number of nitrogens with zero attached hydrogens (tertiary/aromatic N) is 1. The van der Waals surface area contributed by atoms with Crippen LogP contribution in [0, 0.1) is 5.92 Å². The molecule has 3 aromatic carbocycles. The molecule has 29 heavy (non-hydrogen) atoms. The van der Waals surface area contributed by atoms with Crippen molar-refractivity contribution in [1.29, 1.82) is 0 Å². The van der Waals surface area contributed by atoms with E-state index in [2.05, 4.69) is 34.8 Å². The van der Waals surface area contributed by atoms with E-state index in [-0.39, 0.29) is 17.2 Å². The molecule has 0 saturated heterocycles. The van der Waals surface area contributed by atoms with Crippen molar-refractivity contribution in [3.05, 3.63) is 102 Å². The lowest BCUT2D eigenvalue weighted by Gasteiger charge is -2.18. The Labute approximate surface area is 171 Å². The van der Waals surface area contributed by atoms with Gasteiger partial charge in [0, 0.05) is 5.41 Å². The fraction of sp³-hybridized carbons (Fsp3) is 0.200. The van der Waals surface area contributed by atoms with Gasteiger partial charge >= 0.3 is 0 Å². The van der Waals surface area contributed by atoms with Crippen LogP contribution in [0.5, 0.6) is 5.75 Å². The lowest BCUT2D eigenvalue weighted by Crippen LogP contribution is -2.26. The van der Waals surface area contributed by atoms with E-state index in [1.54, 1.807) is 7.11 Å². The molecule has 1 amide bonds. The van der Waals surface area contributed by atoms with Crippen LogP contribution < -0.4 is 10.2 Å². The summed E-state index contributed by atoms with van der Waals surface area (Å²) in [6.07, 6.45) is 0.782. The van der Waals surface area contributed by atoms with Gasteiger partial charge in [-0.2, -0.15) is 5.10 Å². The molecular weight excluding hydrogens is 360 g/mol. The number of benzene rings is 3. The van der Waals surface area contributed by atoms with Crippen LogP contribution >= 0.6 is 0 Å². The van der Waals surface area contributed by atoms with E-state index in [4.69, 9.17) is 4.74 Å². The first-order valence-corrected chi connectivity index (χ1v) is 9.75. The number of hydrogen-bond donors (Lipinski definition) is 1. The Morgan fingerprint density at radius 1 is 0.931 bits per heavy atom. The lowest BCUT2D eigenvalue weighted by molar-refractivity contribution is -0.122. The smallest absolute Gasteiger partial charge is 0.244 e. The highest BCUT2D eigenvalue weighted by Crippen LogP contribution is 2.58. The molecule has 3 aromatic rings. The number of carbonyl (C=O) groups is 1. The van der Waals surface area contributed by atoms with Gasteiger partial charge in [-0.15, -0.1) is 0 Å². The molecule has 4 nitrogen and oxygen atoms in total. The van der Waals surface area contributed by atoms with E-state index in [9.17, 15) is 4.79 Å². The molecule has 0 unspecified atom stereocenters. The van der Waals surface area contributed by atoms with Gasteiger partial charge in [-0.05, 0) is 54.3 Å². The van der Waals surface area contributed by atoms with Crippen molar-refractivity contribution in [2.45, 2.75) is 18.8 Å². The summed E-state index contributed by atoms with van der Waals surface area (Å²) in [5, 5.41) is 4.34. The Bertz CT molecular complexity index is 972. The zero-order chi connectivity index (χ0) is 20.3. The highest BCUT2D eigenvalue weighted by molar-refractivity contribution is 5.99. The SMILES string of the molecule is COc1ccc(C(C)=NNC(=O)[C@H]2CC2(c2ccccc2)c2ccccc2)cc1. The normalized spacial score (nSPS) is 17.4. The topological polar surface area (TPSA) is 50.7 Å². The Balaban J connectivity index is 1.54. The largest absolute Gasteiger partial charge is 0.497 e. The Morgan fingerprint density at radius 3 is 2.00 bits per heavy atom. The van der Waals surface area contributed by atoms with Crippen molar-refractivity contribution < 1.29 is 9.53 Å². The molecule has 1 aliphatic carbocycles. The number of rotatable bonds is 6. The highest BCUT2D eigenvalue weighted by atomic mass is 16.5. The maximum Gasteiger partial charge on any atom is 0.244 e. The molecule has 0 radical (unpaired) electrons. The van der Waals surface area contributed by atoms with Crippen molar-refractivity contribution >= 4 is 11.6 Å². The Morgan fingerprint density at radius 2 is 1.48 bits per heavy atom. The lowest BCUT2D eigenvalue weighted by atomic mass is 9.85. The van der Waals surface area contributed by atoms with Gasteiger partial charge in [0.15, 0.2) is 0 Å². The summed E-state index contributed by atoms with van der Waals surface area (Å²) in [4.78, 5) is 13.0. The molecule has 1 atom stereocenters. The van der Waals surface area contributed by atoms with Gasteiger partial charge in [-0.25, -0.2) is 5.43 Å². The molecule has 1 saturated carbocycles. The van der Waals surface area contributed by atoms with Gasteiger partial charge in [0.05, 0.1) is 18.7 Å². The number of hydrazone groups is 1. The minimum Gasteiger partial charge on any atom is -0.497 e. The average Bonchev–Trinajstić information content (AvgIpc) is 3.56. The quantitative estimate of drug-likeness (QED) is 0.501. The van der Waals surface area contributed by atoms with E-state index >= 15 is 0 Å². The molecule has 146 valence electrons. The number of nitrogens with one attached hydrogen (secondary N) is 1. The molecule has 0 spiro atoms. The first kappa shape index (κ1) is 18.9. The molecule has 0 aliphatic heterocycles. The maximum atomic E-state index is 13.0.